The summed E-state index contributed by atoms with van der Waals surface area (Å²) in [7, 11) is 0. The number of fused-ring (bicyclic) bond motifs is 1. The molecule has 0 aliphatic rings. The Hall–Kier alpha value is -2.73. The van der Waals surface area contributed by atoms with Gasteiger partial charge in [0.2, 0.25) is 0 Å². The Morgan fingerprint density at radius 3 is 2.80 bits per heavy atom. The predicted molar refractivity (Wildman–Crippen MR) is 96.8 cm³/mol. The summed E-state index contributed by atoms with van der Waals surface area (Å²) >= 11 is 1.67. The first-order valence-corrected chi connectivity index (χ1v) is 8.93. The summed E-state index contributed by atoms with van der Waals surface area (Å²) < 4.78 is 12.2. The molecule has 2 aromatic heterocycles. The fraction of sp³-hybridized carbons (Fsp3) is 0.211. The smallest absolute Gasteiger partial charge is 0.264 e. The number of ether oxygens (including phenoxy) is 1. The first-order valence-electron chi connectivity index (χ1n) is 8.12. The van der Waals surface area contributed by atoms with Gasteiger partial charge in [-0.15, -0.1) is 11.3 Å². The van der Waals surface area contributed by atoms with E-state index in [4.69, 9.17) is 9.26 Å². The molecule has 2 aromatic carbocycles. The van der Waals surface area contributed by atoms with Gasteiger partial charge in [-0.25, -0.2) is 4.98 Å². The lowest BCUT2D eigenvalue weighted by atomic mass is 10.1. The average Bonchev–Trinajstić information content (AvgIpc) is 3.24. The van der Waals surface area contributed by atoms with E-state index in [1.54, 1.807) is 11.3 Å². The van der Waals surface area contributed by atoms with Crippen LogP contribution in [0.2, 0.25) is 0 Å². The van der Waals surface area contributed by atoms with Crippen molar-refractivity contribution in [2.45, 2.75) is 26.4 Å². The Balaban J connectivity index is 1.35. The molecule has 0 atom stereocenters. The molecule has 0 N–H and O–H groups in total. The van der Waals surface area contributed by atoms with E-state index in [1.165, 1.54) is 5.56 Å². The average molecular weight is 351 g/mol. The molecule has 0 fully saturated rings. The Kier molecular flexibility index (Phi) is 4.43. The maximum Gasteiger partial charge on any atom is 0.264 e. The van der Waals surface area contributed by atoms with Gasteiger partial charge in [-0.3, -0.25) is 0 Å². The molecule has 4 rings (SSSR count). The topological polar surface area (TPSA) is 61.0 Å². The summed E-state index contributed by atoms with van der Waals surface area (Å²) in [5, 5.41) is 5.07. The maximum absolute atomic E-state index is 5.75. The van der Waals surface area contributed by atoms with Crippen LogP contribution >= 0.6 is 11.3 Å². The minimum Gasteiger partial charge on any atom is -0.484 e. The van der Waals surface area contributed by atoms with Crippen molar-refractivity contribution in [3.8, 4) is 5.75 Å². The molecule has 5 nitrogen and oxygen atoms in total. The molecule has 0 saturated heterocycles. The van der Waals surface area contributed by atoms with Crippen LogP contribution in [-0.4, -0.2) is 15.1 Å². The molecule has 126 valence electrons. The number of rotatable bonds is 6. The van der Waals surface area contributed by atoms with Crippen LogP contribution in [0.15, 0.2) is 53.1 Å². The van der Waals surface area contributed by atoms with Crippen molar-refractivity contribution < 1.29 is 9.26 Å². The number of aromatic nitrogens is 3. The van der Waals surface area contributed by atoms with Crippen LogP contribution < -0.4 is 4.74 Å². The minimum absolute atomic E-state index is 0.257. The highest BCUT2D eigenvalue weighted by Crippen LogP contribution is 2.25. The molecule has 0 amide bonds. The second kappa shape index (κ2) is 7.03. The van der Waals surface area contributed by atoms with Gasteiger partial charge < -0.3 is 9.26 Å². The Morgan fingerprint density at radius 1 is 1.04 bits per heavy atom. The third-order valence-electron chi connectivity index (χ3n) is 3.82. The molecular formula is C19H17N3O2S. The Morgan fingerprint density at radius 2 is 1.92 bits per heavy atom. The summed E-state index contributed by atoms with van der Waals surface area (Å²) in [5.74, 6) is 1.94. The molecule has 0 radical (unpaired) electrons. The van der Waals surface area contributed by atoms with Crippen LogP contribution in [0.4, 0.5) is 0 Å². The van der Waals surface area contributed by atoms with E-state index >= 15 is 0 Å². The summed E-state index contributed by atoms with van der Waals surface area (Å²) in [6, 6.07) is 16.2. The molecule has 0 spiro atoms. The summed E-state index contributed by atoms with van der Waals surface area (Å²) in [6.07, 6.45) is 1.64. The van der Waals surface area contributed by atoms with Crippen LogP contribution in [0.25, 0.3) is 10.2 Å². The van der Waals surface area contributed by atoms with Crippen molar-refractivity contribution in [3.05, 3.63) is 70.8 Å². The third kappa shape index (κ3) is 3.85. The zero-order valence-corrected chi connectivity index (χ0v) is 14.6. The van der Waals surface area contributed by atoms with Crippen LogP contribution in [-0.2, 0) is 19.4 Å². The molecule has 2 heterocycles. The fourth-order valence-electron chi connectivity index (χ4n) is 2.61. The van der Waals surface area contributed by atoms with Gasteiger partial charge in [0.25, 0.3) is 5.89 Å². The lowest BCUT2D eigenvalue weighted by Crippen LogP contribution is -1.97. The number of nitrogens with zero attached hydrogens (tertiary/aromatic N) is 3. The summed E-state index contributed by atoms with van der Waals surface area (Å²) in [5.41, 5.74) is 2.21. The van der Waals surface area contributed by atoms with Crippen LogP contribution in [0, 0.1) is 6.92 Å². The molecular weight excluding hydrogens is 334 g/mol. The minimum atomic E-state index is 0.257. The van der Waals surface area contributed by atoms with E-state index in [-0.39, 0.29) is 6.61 Å². The summed E-state index contributed by atoms with van der Waals surface area (Å²) in [4.78, 5) is 8.86. The number of hydrogen-bond acceptors (Lipinski definition) is 6. The SMILES string of the molecule is Cc1nc2cc(OCc3nc(CCc4ccccc4)no3)ccc2s1. The maximum atomic E-state index is 5.75. The monoisotopic (exact) mass is 351 g/mol. The number of aryl methyl sites for hydroxylation is 3. The van der Waals surface area contributed by atoms with E-state index in [9.17, 15) is 0 Å². The van der Waals surface area contributed by atoms with E-state index in [2.05, 4.69) is 27.3 Å². The molecule has 0 bridgehead atoms. The van der Waals surface area contributed by atoms with Crippen LogP contribution in [0.1, 0.15) is 22.3 Å². The number of hydrogen-bond donors (Lipinski definition) is 0. The largest absolute Gasteiger partial charge is 0.484 e. The van der Waals surface area contributed by atoms with Gasteiger partial charge in [0.1, 0.15) is 5.75 Å². The zero-order chi connectivity index (χ0) is 17.1. The molecule has 0 saturated carbocycles. The predicted octanol–water partition coefficient (Wildman–Crippen LogP) is 4.35. The second-order valence-corrected chi connectivity index (χ2v) is 6.98. The number of benzene rings is 2. The first-order chi connectivity index (χ1) is 12.3. The van der Waals surface area contributed by atoms with Crippen molar-refractivity contribution in [1.29, 1.82) is 0 Å². The van der Waals surface area contributed by atoms with E-state index in [0.717, 1.165) is 33.8 Å². The second-order valence-electron chi connectivity index (χ2n) is 5.74. The van der Waals surface area contributed by atoms with Gasteiger partial charge in [-0.1, -0.05) is 35.5 Å². The van der Waals surface area contributed by atoms with Crippen molar-refractivity contribution in [2.24, 2.45) is 0 Å². The highest BCUT2D eigenvalue weighted by Gasteiger charge is 2.08. The van der Waals surface area contributed by atoms with E-state index in [1.807, 2.05) is 43.3 Å². The lowest BCUT2D eigenvalue weighted by Gasteiger charge is -2.02. The fourth-order valence-corrected chi connectivity index (χ4v) is 3.42. The van der Waals surface area contributed by atoms with Gasteiger partial charge in [-0.2, -0.15) is 4.98 Å². The number of thiazole rings is 1. The molecule has 0 aliphatic carbocycles. The standard InChI is InChI=1S/C19H17N3O2S/c1-13-20-16-11-15(8-9-17(16)25-13)23-12-19-21-18(22-24-19)10-7-14-5-3-2-4-6-14/h2-6,8-9,11H,7,10,12H2,1H3. The van der Waals surface area contributed by atoms with E-state index in [0.29, 0.717) is 11.7 Å². The zero-order valence-electron chi connectivity index (χ0n) is 13.8. The molecule has 25 heavy (non-hydrogen) atoms. The van der Waals surface area contributed by atoms with Crippen molar-refractivity contribution >= 4 is 21.6 Å². The Labute approximate surface area is 149 Å². The summed E-state index contributed by atoms with van der Waals surface area (Å²) in [6.45, 7) is 2.26. The van der Waals surface area contributed by atoms with E-state index < -0.39 is 0 Å². The van der Waals surface area contributed by atoms with Crippen molar-refractivity contribution in [1.82, 2.24) is 15.1 Å². The highest BCUT2D eigenvalue weighted by atomic mass is 32.1. The molecule has 6 heteroatoms. The molecule has 0 unspecified atom stereocenters. The lowest BCUT2D eigenvalue weighted by molar-refractivity contribution is 0.242. The van der Waals surface area contributed by atoms with Crippen LogP contribution in [0.3, 0.4) is 0 Å². The van der Waals surface area contributed by atoms with Gasteiger partial charge in [0, 0.05) is 12.5 Å². The quantitative estimate of drug-likeness (QED) is 0.517. The molecule has 4 aromatic rings. The normalized spacial score (nSPS) is 11.1. The first kappa shape index (κ1) is 15.8. The highest BCUT2D eigenvalue weighted by molar-refractivity contribution is 7.18. The van der Waals surface area contributed by atoms with Crippen molar-refractivity contribution in [3.63, 3.8) is 0 Å². The third-order valence-corrected chi connectivity index (χ3v) is 4.77. The van der Waals surface area contributed by atoms with Crippen LogP contribution in [0.5, 0.6) is 5.75 Å². The Bertz CT molecular complexity index is 979. The van der Waals surface area contributed by atoms with Gasteiger partial charge in [-0.05, 0) is 31.0 Å². The molecule has 0 aliphatic heterocycles. The van der Waals surface area contributed by atoms with Gasteiger partial charge in [0.15, 0.2) is 12.4 Å². The van der Waals surface area contributed by atoms with Gasteiger partial charge in [0.05, 0.1) is 15.2 Å². The van der Waals surface area contributed by atoms with Gasteiger partial charge >= 0.3 is 0 Å². The van der Waals surface area contributed by atoms with Crippen molar-refractivity contribution in [2.75, 3.05) is 0 Å².